The largest absolute Gasteiger partial charge is 0.342 e. The van der Waals surface area contributed by atoms with Crippen LogP contribution in [0.4, 0.5) is 0 Å². The molecule has 0 fully saturated rings. The minimum atomic E-state index is 0.0256. The molecule has 0 atom stereocenters. The second kappa shape index (κ2) is 6.70. The predicted molar refractivity (Wildman–Crippen MR) is 82.3 cm³/mol. The lowest BCUT2D eigenvalue weighted by Gasteiger charge is -2.19. The first-order valence-corrected chi connectivity index (χ1v) is 7.52. The summed E-state index contributed by atoms with van der Waals surface area (Å²) in [5.41, 5.74) is 1.65. The average Bonchev–Trinajstić information content (AvgIpc) is 2.68. The molecule has 0 aliphatic carbocycles. The van der Waals surface area contributed by atoms with Crippen LogP contribution in [0.15, 0.2) is 16.9 Å². The Kier molecular flexibility index (Phi) is 4.94. The lowest BCUT2D eigenvalue weighted by Crippen LogP contribution is -2.33. The Hall–Kier alpha value is -1.91. The summed E-state index contributed by atoms with van der Waals surface area (Å²) < 4.78 is 1.58. The van der Waals surface area contributed by atoms with Gasteiger partial charge in [-0.2, -0.15) is 0 Å². The Morgan fingerprint density at radius 1 is 1.29 bits per heavy atom. The van der Waals surface area contributed by atoms with Gasteiger partial charge in [0.2, 0.25) is 5.91 Å². The molecule has 114 valence electrons. The predicted octanol–water partition coefficient (Wildman–Crippen LogP) is 1.37. The van der Waals surface area contributed by atoms with E-state index < -0.39 is 0 Å². The van der Waals surface area contributed by atoms with Gasteiger partial charge in [0.05, 0.1) is 5.69 Å². The van der Waals surface area contributed by atoms with Crippen molar-refractivity contribution in [2.45, 2.75) is 39.5 Å². The summed E-state index contributed by atoms with van der Waals surface area (Å²) in [7, 11) is 1.74. The topological polar surface area (TPSA) is 55.2 Å². The van der Waals surface area contributed by atoms with E-state index in [0.717, 1.165) is 23.5 Å². The Morgan fingerprint density at radius 2 is 2.00 bits per heavy atom. The van der Waals surface area contributed by atoms with Gasteiger partial charge in [0.25, 0.3) is 5.56 Å². The second-order valence-corrected chi connectivity index (χ2v) is 5.41. The molecule has 0 saturated heterocycles. The molecule has 5 heteroatoms. The summed E-state index contributed by atoms with van der Waals surface area (Å²) in [4.78, 5) is 30.8. The van der Waals surface area contributed by atoms with E-state index in [1.807, 2.05) is 30.9 Å². The summed E-state index contributed by atoms with van der Waals surface area (Å²) in [6, 6.07) is 0. The third-order valence-corrected chi connectivity index (χ3v) is 3.99. The van der Waals surface area contributed by atoms with E-state index in [1.54, 1.807) is 11.6 Å². The fourth-order valence-corrected chi connectivity index (χ4v) is 2.60. The summed E-state index contributed by atoms with van der Waals surface area (Å²) in [5, 5.41) is 0. The van der Waals surface area contributed by atoms with Gasteiger partial charge >= 0.3 is 0 Å². The van der Waals surface area contributed by atoms with E-state index in [0.29, 0.717) is 32.4 Å². The van der Waals surface area contributed by atoms with Crippen molar-refractivity contribution in [3.8, 4) is 0 Å². The van der Waals surface area contributed by atoms with Gasteiger partial charge in [-0.3, -0.25) is 14.2 Å². The van der Waals surface area contributed by atoms with Crippen molar-refractivity contribution in [2.24, 2.45) is 7.05 Å². The zero-order chi connectivity index (χ0) is 15.4. The Balaban J connectivity index is 2.14. The van der Waals surface area contributed by atoms with Crippen molar-refractivity contribution in [3.63, 3.8) is 0 Å². The zero-order valence-corrected chi connectivity index (χ0v) is 13.1. The molecule has 0 aromatic carbocycles. The molecule has 0 N–H and O–H groups in total. The molecule has 2 rings (SSSR count). The molecule has 2 heterocycles. The third-order valence-electron chi connectivity index (χ3n) is 3.99. The van der Waals surface area contributed by atoms with Crippen molar-refractivity contribution in [2.75, 3.05) is 13.1 Å². The number of aryl methyl sites for hydroxylation is 1. The van der Waals surface area contributed by atoms with Crippen LogP contribution < -0.4 is 5.56 Å². The van der Waals surface area contributed by atoms with E-state index in [1.165, 1.54) is 0 Å². The van der Waals surface area contributed by atoms with Gasteiger partial charge in [0.15, 0.2) is 0 Å². The number of amides is 1. The molecule has 1 aromatic rings. The number of hydrogen-bond acceptors (Lipinski definition) is 3. The van der Waals surface area contributed by atoms with Crippen LogP contribution in [0.25, 0.3) is 0 Å². The highest BCUT2D eigenvalue weighted by Crippen LogP contribution is 2.12. The first-order chi connectivity index (χ1) is 10.0. The van der Waals surface area contributed by atoms with Crippen LogP contribution >= 0.6 is 0 Å². The summed E-state index contributed by atoms with van der Waals surface area (Å²) in [5.74, 6) is 0.852. The number of aromatic nitrogens is 2. The van der Waals surface area contributed by atoms with Gasteiger partial charge in [0, 0.05) is 38.5 Å². The highest BCUT2D eigenvalue weighted by molar-refractivity contribution is 5.77. The molecule has 1 aliphatic heterocycles. The molecule has 1 aromatic heterocycles. The number of fused-ring (bicyclic) bond motifs is 1. The van der Waals surface area contributed by atoms with Crippen LogP contribution in [-0.2, 0) is 24.7 Å². The van der Waals surface area contributed by atoms with Gasteiger partial charge in [-0.1, -0.05) is 19.1 Å². The highest BCUT2D eigenvalue weighted by Gasteiger charge is 2.21. The molecule has 0 bridgehead atoms. The van der Waals surface area contributed by atoms with E-state index in [4.69, 9.17) is 0 Å². The summed E-state index contributed by atoms with van der Waals surface area (Å²) in [6.07, 6.45) is 6.56. The maximum Gasteiger partial charge on any atom is 0.256 e. The van der Waals surface area contributed by atoms with Crippen LogP contribution in [0.5, 0.6) is 0 Å². The van der Waals surface area contributed by atoms with Gasteiger partial charge in [0.1, 0.15) is 5.82 Å². The summed E-state index contributed by atoms with van der Waals surface area (Å²) >= 11 is 0. The standard InChI is InChI=1S/C16H23N3O2/c1-4-5-6-7-15(20)19-10-8-13-14(9-11-19)17-12(2)18(3)16(13)21/h5-6H,4,7-11H2,1-3H3/b6-5+. The maximum atomic E-state index is 12.3. The van der Waals surface area contributed by atoms with E-state index >= 15 is 0 Å². The van der Waals surface area contributed by atoms with Crippen molar-refractivity contribution >= 4 is 5.91 Å². The van der Waals surface area contributed by atoms with Crippen LogP contribution in [0.3, 0.4) is 0 Å². The molecule has 0 unspecified atom stereocenters. The van der Waals surface area contributed by atoms with Crippen LogP contribution in [-0.4, -0.2) is 33.4 Å². The summed E-state index contributed by atoms with van der Waals surface area (Å²) in [6.45, 7) is 5.13. The number of hydrogen-bond donors (Lipinski definition) is 0. The first-order valence-electron chi connectivity index (χ1n) is 7.52. The van der Waals surface area contributed by atoms with Gasteiger partial charge < -0.3 is 4.90 Å². The number of nitrogens with zero attached hydrogens (tertiary/aromatic N) is 3. The van der Waals surface area contributed by atoms with Gasteiger partial charge in [-0.25, -0.2) is 4.98 Å². The van der Waals surface area contributed by atoms with Crippen molar-refractivity contribution in [3.05, 3.63) is 39.6 Å². The maximum absolute atomic E-state index is 12.3. The van der Waals surface area contributed by atoms with Gasteiger partial charge in [-0.15, -0.1) is 0 Å². The molecule has 1 aliphatic rings. The quantitative estimate of drug-likeness (QED) is 0.790. The molecular formula is C16H23N3O2. The minimum absolute atomic E-state index is 0.0256. The normalized spacial score (nSPS) is 15.1. The van der Waals surface area contributed by atoms with Crippen LogP contribution in [0.1, 0.15) is 36.8 Å². The fraction of sp³-hybridized carbons (Fsp3) is 0.562. The molecule has 0 saturated carbocycles. The number of carbonyl (C=O) groups excluding carboxylic acids is 1. The van der Waals surface area contributed by atoms with Crippen molar-refractivity contribution < 1.29 is 4.79 Å². The lowest BCUT2D eigenvalue weighted by atomic mass is 10.1. The van der Waals surface area contributed by atoms with Gasteiger partial charge in [-0.05, 0) is 19.8 Å². The average molecular weight is 289 g/mol. The van der Waals surface area contributed by atoms with Crippen LogP contribution in [0, 0.1) is 6.92 Å². The lowest BCUT2D eigenvalue weighted by molar-refractivity contribution is -0.130. The Labute approximate surface area is 125 Å². The number of carbonyl (C=O) groups is 1. The molecule has 0 spiro atoms. The highest BCUT2D eigenvalue weighted by atomic mass is 16.2. The molecule has 5 nitrogen and oxygen atoms in total. The minimum Gasteiger partial charge on any atom is -0.342 e. The molecular weight excluding hydrogens is 266 g/mol. The number of allylic oxidation sites excluding steroid dienone is 1. The second-order valence-electron chi connectivity index (χ2n) is 5.41. The Morgan fingerprint density at radius 3 is 2.71 bits per heavy atom. The van der Waals surface area contributed by atoms with E-state index in [9.17, 15) is 9.59 Å². The van der Waals surface area contributed by atoms with Crippen LogP contribution in [0.2, 0.25) is 0 Å². The molecule has 0 radical (unpaired) electrons. The van der Waals surface area contributed by atoms with Crippen molar-refractivity contribution in [1.82, 2.24) is 14.5 Å². The third kappa shape index (κ3) is 3.40. The Bertz CT molecular complexity index is 617. The zero-order valence-electron chi connectivity index (χ0n) is 13.1. The monoisotopic (exact) mass is 289 g/mol. The van der Waals surface area contributed by atoms with Crippen molar-refractivity contribution in [1.29, 1.82) is 0 Å². The van der Waals surface area contributed by atoms with E-state index in [-0.39, 0.29) is 11.5 Å². The SMILES string of the molecule is CC/C=C/CC(=O)N1CCc2nc(C)n(C)c(=O)c2CC1. The molecule has 1 amide bonds. The number of rotatable bonds is 3. The fourth-order valence-electron chi connectivity index (χ4n) is 2.60. The smallest absolute Gasteiger partial charge is 0.256 e. The van der Waals surface area contributed by atoms with E-state index in [2.05, 4.69) is 4.98 Å². The first kappa shape index (κ1) is 15.5. The molecule has 21 heavy (non-hydrogen) atoms.